The van der Waals surface area contributed by atoms with Crippen LogP contribution in [0.2, 0.25) is 0 Å². The third-order valence-electron chi connectivity index (χ3n) is 5.48. The summed E-state index contributed by atoms with van der Waals surface area (Å²) in [6, 6.07) is 16.6. The Bertz CT molecular complexity index is 1360. The second kappa shape index (κ2) is 10.1. The fourth-order valence-corrected chi connectivity index (χ4v) is 5.90. The minimum Gasteiger partial charge on any atom is -0.445 e. The van der Waals surface area contributed by atoms with E-state index in [4.69, 9.17) is 4.42 Å². The van der Waals surface area contributed by atoms with Crippen LogP contribution in [0.3, 0.4) is 0 Å². The van der Waals surface area contributed by atoms with Crippen LogP contribution in [-0.4, -0.2) is 45.6 Å². The van der Waals surface area contributed by atoms with E-state index in [1.807, 2.05) is 68.7 Å². The molecule has 0 saturated heterocycles. The van der Waals surface area contributed by atoms with Crippen LogP contribution in [0.15, 0.2) is 69.1 Å². The van der Waals surface area contributed by atoms with Crippen LogP contribution in [0.25, 0.3) is 17.1 Å². The summed E-state index contributed by atoms with van der Waals surface area (Å²) in [5.41, 5.74) is 2.41. The molecule has 2 heterocycles. The molecule has 0 spiro atoms. The Morgan fingerprint density at radius 3 is 2.38 bits per heavy atom. The van der Waals surface area contributed by atoms with Crippen LogP contribution in [-0.2, 0) is 15.8 Å². The van der Waals surface area contributed by atoms with Gasteiger partial charge in [-0.3, -0.25) is 4.57 Å². The lowest BCUT2D eigenvalue weighted by atomic mass is 10.2. The van der Waals surface area contributed by atoms with Crippen LogP contribution < -0.4 is 0 Å². The molecular formula is C24H27N5O3S2. The molecule has 0 N–H and O–H groups in total. The number of benzene rings is 2. The fraction of sp³-hybridized carbons (Fsp3) is 0.292. The zero-order valence-corrected chi connectivity index (χ0v) is 21.2. The molecule has 4 rings (SSSR count). The van der Waals surface area contributed by atoms with Crippen LogP contribution in [0.5, 0.6) is 0 Å². The highest BCUT2D eigenvalue weighted by Crippen LogP contribution is 2.31. The van der Waals surface area contributed by atoms with E-state index in [2.05, 4.69) is 15.2 Å². The maximum absolute atomic E-state index is 13.1. The van der Waals surface area contributed by atoms with Crippen molar-refractivity contribution < 1.29 is 12.8 Å². The lowest BCUT2D eigenvalue weighted by Crippen LogP contribution is -2.30. The zero-order valence-electron chi connectivity index (χ0n) is 19.6. The van der Waals surface area contributed by atoms with E-state index in [-0.39, 0.29) is 4.90 Å². The van der Waals surface area contributed by atoms with Gasteiger partial charge in [-0.15, -0.1) is 10.2 Å². The highest BCUT2D eigenvalue weighted by Gasteiger charge is 2.24. The number of nitrogens with zero attached hydrogens (tertiary/aromatic N) is 5. The van der Waals surface area contributed by atoms with Crippen molar-refractivity contribution in [2.45, 2.75) is 43.5 Å². The standard InChI is InChI=1S/C24H27N5O3S2/c1-5-28(6-2)34(30,31)21-14-10-11-19(15-21)23-26-27-24(29(23)20-12-8-7-9-13-20)33-16-22-25-17(3)18(4)32-22/h7-15H,5-6,16H2,1-4H3. The molecule has 8 nitrogen and oxygen atoms in total. The molecule has 0 aliphatic carbocycles. The van der Waals surface area contributed by atoms with Gasteiger partial charge >= 0.3 is 0 Å². The van der Waals surface area contributed by atoms with Crippen molar-refractivity contribution in [1.29, 1.82) is 0 Å². The number of rotatable bonds is 9. The molecule has 34 heavy (non-hydrogen) atoms. The van der Waals surface area contributed by atoms with Crippen molar-refractivity contribution in [3.63, 3.8) is 0 Å². The first-order chi connectivity index (χ1) is 16.3. The molecular weight excluding hydrogens is 470 g/mol. The Hall–Kier alpha value is -2.95. The van der Waals surface area contributed by atoms with E-state index >= 15 is 0 Å². The minimum absolute atomic E-state index is 0.233. The smallest absolute Gasteiger partial charge is 0.243 e. The minimum atomic E-state index is -3.60. The molecule has 0 radical (unpaired) electrons. The van der Waals surface area contributed by atoms with E-state index in [1.165, 1.54) is 16.1 Å². The molecule has 0 fully saturated rings. The van der Waals surface area contributed by atoms with Gasteiger partial charge in [0.2, 0.25) is 15.9 Å². The predicted octanol–water partition coefficient (Wildman–Crippen LogP) is 4.86. The van der Waals surface area contributed by atoms with Gasteiger partial charge < -0.3 is 4.42 Å². The van der Waals surface area contributed by atoms with E-state index in [1.54, 1.807) is 18.2 Å². The molecule has 0 unspecified atom stereocenters. The third kappa shape index (κ3) is 4.79. The van der Waals surface area contributed by atoms with Gasteiger partial charge in [0.15, 0.2) is 11.0 Å². The van der Waals surface area contributed by atoms with Gasteiger partial charge in [-0.1, -0.05) is 55.9 Å². The van der Waals surface area contributed by atoms with Gasteiger partial charge in [-0.25, -0.2) is 13.4 Å². The van der Waals surface area contributed by atoms with E-state index < -0.39 is 10.0 Å². The van der Waals surface area contributed by atoms with Crippen molar-refractivity contribution in [2.24, 2.45) is 0 Å². The van der Waals surface area contributed by atoms with Crippen molar-refractivity contribution >= 4 is 21.8 Å². The second-order valence-corrected chi connectivity index (χ2v) is 10.5. The van der Waals surface area contributed by atoms with Gasteiger partial charge in [-0.2, -0.15) is 4.31 Å². The zero-order chi connectivity index (χ0) is 24.3. The van der Waals surface area contributed by atoms with Crippen molar-refractivity contribution in [3.05, 3.63) is 71.9 Å². The van der Waals surface area contributed by atoms with Crippen molar-refractivity contribution in [1.82, 2.24) is 24.1 Å². The summed E-state index contributed by atoms with van der Waals surface area (Å²) in [6.07, 6.45) is 0. The van der Waals surface area contributed by atoms with E-state index in [9.17, 15) is 8.42 Å². The second-order valence-electron chi connectivity index (χ2n) is 7.63. The lowest BCUT2D eigenvalue weighted by molar-refractivity contribution is 0.445. The molecule has 178 valence electrons. The fourth-order valence-electron chi connectivity index (χ4n) is 3.60. The summed E-state index contributed by atoms with van der Waals surface area (Å²) in [7, 11) is -3.60. The number of thioether (sulfide) groups is 1. The van der Waals surface area contributed by atoms with Crippen molar-refractivity contribution in [2.75, 3.05) is 13.1 Å². The number of aromatic nitrogens is 4. The molecule has 10 heteroatoms. The van der Waals surface area contributed by atoms with E-state index in [0.717, 1.165) is 17.1 Å². The predicted molar refractivity (Wildman–Crippen MR) is 132 cm³/mol. The molecule has 0 bridgehead atoms. The number of aryl methyl sites for hydroxylation is 2. The Balaban J connectivity index is 1.75. The highest BCUT2D eigenvalue weighted by atomic mass is 32.2. The number of hydrogen-bond acceptors (Lipinski definition) is 7. The largest absolute Gasteiger partial charge is 0.445 e. The average molecular weight is 498 g/mol. The quantitative estimate of drug-likeness (QED) is 0.305. The highest BCUT2D eigenvalue weighted by molar-refractivity contribution is 7.98. The van der Waals surface area contributed by atoms with Gasteiger partial charge in [0.25, 0.3) is 0 Å². The first kappa shape index (κ1) is 24.2. The Morgan fingerprint density at radius 2 is 1.74 bits per heavy atom. The third-order valence-corrected chi connectivity index (χ3v) is 8.44. The van der Waals surface area contributed by atoms with Gasteiger partial charge in [0.05, 0.1) is 16.3 Å². The molecule has 0 saturated carbocycles. The van der Waals surface area contributed by atoms with Gasteiger partial charge in [-0.05, 0) is 38.1 Å². The number of hydrogen-bond donors (Lipinski definition) is 0. The average Bonchev–Trinajstić information content (AvgIpc) is 3.41. The first-order valence-electron chi connectivity index (χ1n) is 11.0. The monoisotopic (exact) mass is 497 g/mol. The van der Waals surface area contributed by atoms with Crippen LogP contribution in [0.4, 0.5) is 0 Å². The number of para-hydroxylation sites is 1. The SMILES string of the molecule is CCN(CC)S(=O)(=O)c1cccc(-c2nnc(SCc3nc(C)c(C)o3)n2-c2ccccc2)c1. The summed E-state index contributed by atoms with van der Waals surface area (Å²) in [6.45, 7) is 8.28. The maximum Gasteiger partial charge on any atom is 0.243 e. The first-order valence-corrected chi connectivity index (χ1v) is 13.4. The number of oxazole rings is 1. The molecule has 2 aromatic carbocycles. The van der Waals surface area contributed by atoms with Crippen molar-refractivity contribution in [3.8, 4) is 17.1 Å². The topological polar surface area (TPSA) is 94.1 Å². The summed E-state index contributed by atoms with van der Waals surface area (Å²) >= 11 is 1.46. The molecule has 0 aliphatic rings. The number of sulfonamides is 1. The van der Waals surface area contributed by atoms with Gasteiger partial charge in [0, 0.05) is 24.3 Å². The summed E-state index contributed by atoms with van der Waals surface area (Å²) in [5, 5.41) is 9.52. The van der Waals surface area contributed by atoms with Crippen LogP contribution >= 0.6 is 11.8 Å². The lowest BCUT2D eigenvalue weighted by Gasteiger charge is -2.18. The van der Waals surface area contributed by atoms with Crippen LogP contribution in [0, 0.1) is 13.8 Å². The summed E-state index contributed by atoms with van der Waals surface area (Å²) < 4.78 is 35.3. The van der Waals surface area contributed by atoms with Crippen LogP contribution in [0.1, 0.15) is 31.2 Å². The Kier molecular flexibility index (Phi) is 7.20. The molecule has 0 aliphatic heterocycles. The Morgan fingerprint density at radius 1 is 1.00 bits per heavy atom. The van der Waals surface area contributed by atoms with Gasteiger partial charge in [0.1, 0.15) is 5.76 Å². The molecule has 0 amide bonds. The Labute approximate surface area is 204 Å². The normalized spacial score (nSPS) is 11.9. The summed E-state index contributed by atoms with van der Waals surface area (Å²) in [4.78, 5) is 4.68. The van der Waals surface area contributed by atoms with E-state index in [0.29, 0.717) is 41.3 Å². The molecule has 4 aromatic rings. The molecule has 0 atom stereocenters. The maximum atomic E-state index is 13.1. The molecule has 2 aromatic heterocycles. The summed E-state index contributed by atoms with van der Waals surface area (Å²) in [5.74, 6) is 2.48.